The summed E-state index contributed by atoms with van der Waals surface area (Å²) in [7, 11) is 0. The monoisotopic (exact) mass is 251 g/mol. The van der Waals surface area contributed by atoms with Crippen LogP contribution in [0.2, 0.25) is 0 Å². The molecule has 1 saturated heterocycles. The Morgan fingerprint density at radius 2 is 2.39 bits per heavy atom. The van der Waals surface area contributed by atoms with Crippen LogP contribution < -0.4 is 10.6 Å². The molecule has 1 aliphatic heterocycles. The first-order valence-corrected chi connectivity index (χ1v) is 6.60. The number of aryl methyl sites for hydroxylation is 2. The van der Waals surface area contributed by atoms with E-state index in [-0.39, 0.29) is 11.9 Å². The molecule has 1 fully saturated rings. The molecule has 0 aliphatic carbocycles. The van der Waals surface area contributed by atoms with Gasteiger partial charge >= 0.3 is 0 Å². The average molecular weight is 251 g/mol. The lowest BCUT2D eigenvalue weighted by Gasteiger charge is -2.30. The van der Waals surface area contributed by atoms with Gasteiger partial charge in [0.1, 0.15) is 11.3 Å². The first kappa shape index (κ1) is 13.1. The smallest absolute Gasteiger partial charge is 0.257 e. The van der Waals surface area contributed by atoms with Crippen molar-refractivity contribution < 1.29 is 9.32 Å². The fourth-order valence-corrected chi connectivity index (χ4v) is 2.42. The maximum Gasteiger partial charge on any atom is 0.257 e. The molecule has 2 rings (SSSR count). The molecule has 5 nitrogen and oxygen atoms in total. The van der Waals surface area contributed by atoms with Crippen molar-refractivity contribution in [2.75, 3.05) is 13.1 Å². The van der Waals surface area contributed by atoms with Gasteiger partial charge in [-0.25, -0.2) is 0 Å². The fraction of sp³-hybridized carbons (Fsp3) is 0.692. The Kier molecular flexibility index (Phi) is 4.01. The molecule has 0 aromatic carbocycles. The number of hydrogen-bond donors (Lipinski definition) is 2. The highest BCUT2D eigenvalue weighted by Crippen LogP contribution is 2.16. The van der Waals surface area contributed by atoms with Gasteiger partial charge in [0.05, 0.1) is 5.69 Å². The number of carbonyl (C=O) groups is 1. The summed E-state index contributed by atoms with van der Waals surface area (Å²) in [6, 6.07) is 0.234. The molecule has 1 amide bonds. The van der Waals surface area contributed by atoms with Crippen LogP contribution in [0.5, 0.6) is 0 Å². The van der Waals surface area contributed by atoms with Crippen molar-refractivity contribution in [3.8, 4) is 0 Å². The van der Waals surface area contributed by atoms with Gasteiger partial charge in [0.25, 0.3) is 5.91 Å². The van der Waals surface area contributed by atoms with Gasteiger partial charge in [-0.15, -0.1) is 0 Å². The fourth-order valence-electron chi connectivity index (χ4n) is 2.42. The van der Waals surface area contributed by atoms with E-state index >= 15 is 0 Å². The van der Waals surface area contributed by atoms with Gasteiger partial charge in [0.15, 0.2) is 0 Å². The second-order valence-electron chi connectivity index (χ2n) is 4.97. The van der Waals surface area contributed by atoms with Crippen LogP contribution in [0.4, 0.5) is 0 Å². The normalized spacial score (nSPS) is 23.9. The Balaban J connectivity index is 2.09. The summed E-state index contributed by atoms with van der Waals surface area (Å²) in [5, 5.41) is 10.3. The van der Waals surface area contributed by atoms with Crippen LogP contribution in [0.1, 0.15) is 42.1 Å². The number of hydrogen-bond acceptors (Lipinski definition) is 4. The molecule has 100 valence electrons. The highest BCUT2D eigenvalue weighted by atomic mass is 16.5. The number of aromatic nitrogens is 1. The van der Waals surface area contributed by atoms with Crippen LogP contribution in [0.3, 0.4) is 0 Å². The summed E-state index contributed by atoms with van der Waals surface area (Å²) >= 11 is 0. The van der Waals surface area contributed by atoms with Gasteiger partial charge in [-0.1, -0.05) is 19.0 Å². The Morgan fingerprint density at radius 3 is 3.06 bits per heavy atom. The molecule has 18 heavy (non-hydrogen) atoms. The zero-order chi connectivity index (χ0) is 13.1. The first-order valence-electron chi connectivity index (χ1n) is 6.60. The third-order valence-corrected chi connectivity index (χ3v) is 3.58. The molecule has 0 spiro atoms. The summed E-state index contributed by atoms with van der Waals surface area (Å²) in [5.41, 5.74) is 1.29. The largest absolute Gasteiger partial charge is 0.360 e. The van der Waals surface area contributed by atoms with Crippen molar-refractivity contribution in [2.45, 2.75) is 39.7 Å². The van der Waals surface area contributed by atoms with Crippen molar-refractivity contribution in [1.82, 2.24) is 15.8 Å². The molecule has 0 saturated carbocycles. The highest BCUT2D eigenvalue weighted by Gasteiger charge is 2.26. The van der Waals surface area contributed by atoms with Crippen molar-refractivity contribution in [3.63, 3.8) is 0 Å². The predicted octanol–water partition coefficient (Wildman–Crippen LogP) is 1.27. The SMILES string of the molecule is CCc1onc(C)c1C(=O)NC1CCNCC1C. The lowest BCUT2D eigenvalue weighted by molar-refractivity contribution is 0.0911. The third kappa shape index (κ3) is 2.56. The lowest BCUT2D eigenvalue weighted by Crippen LogP contribution is -2.48. The predicted molar refractivity (Wildman–Crippen MR) is 68.5 cm³/mol. The summed E-state index contributed by atoms with van der Waals surface area (Å²) in [4.78, 5) is 12.3. The van der Waals surface area contributed by atoms with Crippen molar-refractivity contribution in [1.29, 1.82) is 0 Å². The average Bonchev–Trinajstić information content (AvgIpc) is 2.73. The van der Waals surface area contributed by atoms with E-state index in [0.29, 0.717) is 29.4 Å². The number of amides is 1. The van der Waals surface area contributed by atoms with E-state index in [0.717, 1.165) is 19.5 Å². The van der Waals surface area contributed by atoms with Gasteiger partial charge in [-0.3, -0.25) is 4.79 Å². The van der Waals surface area contributed by atoms with E-state index in [1.54, 1.807) is 0 Å². The summed E-state index contributed by atoms with van der Waals surface area (Å²) in [5.74, 6) is 1.07. The molecular weight excluding hydrogens is 230 g/mol. The van der Waals surface area contributed by atoms with Crippen LogP contribution in [0.25, 0.3) is 0 Å². The molecule has 1 aliphatic rings. The van der Waals surface area contributed by atoms with E-state index in [1.165, 1.54) is 0 Å². The minimum atomic E-state index is -0.0515. The van der Waals surface area contributed by atoms with Crippen molar-refractivity contribution in [3.05, 3.63) is 17.0 Å². The molecule has 0 radical (unpaired) electrons. The molecule has 2 atom stereocenters. The van der Waals surface area contributed by atoms with Crippen LogP contribution in [-0.4, -0.2) is 30.2 Å². The van der Waals surface area contributed by atoms with Crippen LogP contribution in [0.15, 0.2) is 4.52 Å². The van der Waals surface area contributed by atoms with Crippen LogP contribution >= 0.6 is 0 Å². The molecule has 2 heterocycles. The molecule has 1 aromatic heterocycles. The molecule has 2 unspecified atom stereocenters. The molecule has 2 N–H and O–H groups in total. The van der Waals surface area contributed by atoms with Gasteiger partial charge in [0.2, 0.25) is 0 Å². The van der Waals surface area contributed by atoms with E-state index in [4.69, 9.17) is 4.52 Å². The van der Waals surface area contributed by atoms with Gasteiger partial charge < -0.3 is 15.2 Å². The second-order valence-corrected chi connectivity index (χ2v) is 4.97. The topological polar surface area (TPSA) is 67.2 Å². The Morgan fingerprint density at radius 1 is 1.61 bits per heavy atom. The minimum absolute atomic E-state index is 0.0515. The molecular formula is C13H21N3O2. The Bertz CT molecular complexity index is 428. The standard InChI is InChI=1S/C13H21N3O2/c1-4-11-12(9(3)16-18-11)13(17)15-10-5-6-14-7-8(10)2/h8,10,14H,4-7H2,1-3H3,(H,15,17). The number of rotatable bonds is 3. The Hall–Kier alpha value is -1.36. The minimum Gasteiger partial charge on any atom is -0.360 e. The maximum absolute atomic E-state index is 12.3. The van der Waals surface area contributed by atoms with Crippen LogP contribution in [0, 0.1) is 12.8 Å². The van der Waals surface area contributed by atoms with Gasteiger partial charge in [-0.2, -0.15) is 0 Å². The first-order chi connectivity index (χ1) is 8.63. The van der Waals surface area contributed by atoms with Crippen LogP contribution in [-0.2, 0) is 6.42 Å². The number of nitrogens with one attached hydrogen (secondary N) is 2. The van der Waals surface area contributed by atoms with E-state index in [9.17, 15) is 4.79 Å². The lowest BCUT2D eigenvalue weighted by atomic mass is 9.95. The third-order valence-electron chi connectivity index (χ3n) is 3.58. The highest BCUT2D eigenvalue weighted by molar-refractivity contribution is 5.96. The second kappa shape index (κ2) is 5.52. The quantitative estimate of drug-likeness (QED) is 0.849. The van der Waals surface area contributed by atoms with Crippen molar-refractivity contribution >= 4 is 5.91 Å². The maximum atomic E-state index is 12.3. The summed E-state index contributed by atoms with van der Waals surface area (Å²) < 4.78 is 5.16. The molecule has 5 heteroatoms. The van der Waals surface area contributed by atoms with E-state index in [1.807, 2.05) is 13.8 Å². The summed E-state index contributed by atoms with van der Waals surface area (Å²) in [6.07, 6.45) is 1.66. The number of carbonyl (C=O) groups excluding carboxylic acids is 1. The number of piperidine rings is 1. The van der Waals surface area contributed by atoms with Gasteiger partial charge in [-0.05, 0) is 32.4 Å². The summed E-state index contributed by atoms with van der Waals surface area (Å²) in [6.45, 7) is 7.83. The Labute approximate surface area is 107 Å². The zero-order valence-electron chi connectivity index (χ0n) is 11.2. The van der Waals surface area contributed by atoms with Crippen molar-refractivity contribution in [2.24, 2.45) is 5.92 Å². The molecule has 0 bridgehead atoms. The number of nitrogens with zero attached hydrogens (tertiary/aromatic N) is 1. The van der Waals surface area contributed by atoms with Gasteiger partial charge in [0, 0.05) is 12.5 Å². The van der Waals surface area contributed by atoms with E-state index in [2.05, 4.69) is 22.7 Å². The zero-order valence-corrected chi connectivity index (χ0v) is 11.2. The molecule has 1 aromatic rings. The van der Waals surface area contributed by atoms with E-state index < -0.39 is 0 Å².